The molecule has 0 atom stereocenters. The first-order chi connectivity index (χ1) is 29.8. The first-order valence-corrected chi connectivity index (χ1v) is 21.5. The van der Waals surface area contributed by atoms with Crippen molar-refractivity contribution in [1.82, 2.24) is 0 Å². The zero-order valence-corrected chi connectivity index (χ0v) is 33.2. The van der Waals surface area contributed by atoms with Gasteiger partial charge in [-0.25, -0.2) is 0 Å². The molecule has 2 heteroatoms. The van der Waals surface area contributed by atoms with E-state index in [4.69, 9.17) is 4.42 Å². The van der Waals surface area contributed by atoms with Gasteiger partial charge in [-0.1, -0.05) is 171 Å². The molecule has 0 unspecified atom stereocenters. The lowest BCUT2D eigenvalue weighted by molar-refractivity contribution is 0.670. The summed E-state index contributed by atoms with van der Waals surface area (Å²) in [5.74, 6) is 0.554. The largest absolute Gasteiger partial charge is 0.455 e. The number of benzene rings is 9. The molecule has 2 nitrogen and oxygen atoms in total. The second kappa shape index (κ2) is 12.9. The highest BCUT2D eigenvalue weighted by molar-refractivity contribution is 6.20. The number of rotatable bonds is 5. The molecule has 1 aromatic heterocycles. The Bertz CT molecular complexity index is 3300. The van der Waals surface area contributed by atoms with Crippen LogP contribution in [0.2, 0.25) is 0 Å². The number of anilines is 3. The standard InChI is InChI=1S/C58H41NO/c1-2-16-37(17-3-1)39-20-14-21-40(34-39)59(54-36-49-56-42(38-18-4-5-19-38)27-15-31-55(56)60-57(49)47-26-7-6-25-46(47)54)41-32-33-53-48(35-41)45-24-10-13-30-52(45)58(53)50-28-11-8-22-43(50)44-23-9-12-29-51(44)58/h1-3,6-17,20-36,38H,4-5,18-19H2. The van der Waals surface area contributed by atoms with Gasteiger partial charge in [0.2, 0.25) is 0 Å². The second-order valence-electron chi connectivity index (χ2n) is 17.0. The van der Waals surface area contributed by atoms with E-state index in [9.17, 15) is 0 Å². The number of nitrogens with zero attached hydrogens (tertiary/aromatic N) is 1. The molecule has 0 saturated heterocycles. The molecule has 3 aliphatic rings. The maximum atomic E-state index is 6.88. The first kappa shape index (κ1) is 33.8. The summed E-state index contributed by atoms with van der Waals surface area (Å²) in [6.45, 7) is 0. The molecule has 1 spiro atoms. The van der Waals surface area contributed by atoms with Crippen molar-refractivity contribution in [2.24, 2.45) is 0 Å². The van der Waals surface area contributed by atoms with E-state index in [-0.39, 0.29) is 0 Å². The van der Waals surface area contributed by atoms with Gasteiger partial charge in [-0.3, -0.25) is 0 Å². The normalized spacial score (nSPS) is 14.8. The zero-order chi connectivity index (χ0) is 39.4. The average Bonchev–Trinajstić information content (AvgIpc) is 4.11. The quantitative estimate of drug-likeness (QED) is 0.173. The van der Waals surface area contributed by atoms with Gasteiger partial charge in [-0.15, -0.1) is 0 Å². The summed E-state index contributed by atoms with van der Waals surface area (Å²) in [7, 11) is 0. The molecule has 0 bridgehead atoms. The molecule has 13 rings (SSSR count). The Labute approximate surface area is 350 Å². The average molecular weight is 768 g/mol. The predicted octanol–water partition coefficient (Wildman–Crippen LogP) is 15.9. The van der Waals surface area contributed by atoms with E-state index in [2.05, 4.69) is 199 Å². The molecular formula is C58H41NO. The van der Waals surface area contributed by atoms with Crippen LogP contribution in [0.1, 0.15) is 59.4 Å². The van der Waals surface area contributed by atoms with Gasteiger partial charge in [-0.05, 0) is 116 Å². The molecule has 9 aromatic carbocycles. The van der Waals surface area contributed by atoms with Crippen molar-refractivity contribution < 1.29 is 4.42 Å². The van der Waals surface area contributed by atoms with E-state index in [0.717, 1.165) is 39.0 Å². The van der Waals surface area contributed by atoms with Gasteiger partial charge in [0, 0.05) is 32.9 Å². The molecular weight excluding hydrogens is 727 g/mol. The van der Waals surface area contributed by atoms with Gasteiger partial charge in [0.05, 0.1) is 11.1 Å². The molecule has 0 N–H and O–H groups in total. The number of hydrogen-bond donors (Lipinski definition) is 0. The summed E-state index contributed by atoms with van der Waals surface area (Å²) in [4.78, 5) is 2.51. The maximum Gasteiger partial charge on any atom is 0.143 e. The van der Waals surface area contributed by atoms with E-state index in [0.29, 0.717) is 5.92 Å². The van der Waals surface area contributed by atoms with Crippen molar-refractivity contribution in [1.29, 1.82) is 0 Å². The molecule has 60 heavy (non-hydrogen) atoms. The molecule has 0 aliphatic heterocycles. The highest BCUT2D eigenvalue weighted by atomic mass is 16.3. The fraction of sp³-hybridized carbons (Fsp3) is 0.103. The van der Waals surface area contributed by atoms with E-state index >= 15 is 0 Å². The third-order valence-electron chi connectivity index (χ3n) is 14.0. The van der Waals surface area contributed by atoms with Crippen molar-refractivity contribution in [3.8, 4) is 33.4 Å². The number of hydrogen-bond acceptors (Lipinski definition) is 2. The van der Waals surface area contributed by atoms with Crippen molar-refractivity contribution in [3.63, 3.8) is 0 Å². The van der Waals surface area contributed by atoms with E-state index in [1.54, 1.807) is 0 Å². The number of furan rings is 1. The minimum absolute atomic E-state index is 0.395. The maximum absolute atomic E-state index is 6.88. The van der Waals surface area contributed by atoms with Gasteiger partial charge in [0.25, 0.3) is 0 Å². The van der Waals surface area contributed by atoms with Gasteiger partial charge in [-0.2, -0.15) is 0 Å². The monoisotopic (exact) mass is 767 g/mol. The van der Waals surface area contributed by atoms with Gasteiger partial charge >= 0.3 is 0 Å². The summed E-state index contributed by atoms with van der Waals surface area (Å²) in [5.41, 5.74) is 19.4. The Kier molecular flexibility index (Phi) is 7.27. The van der Waals surface area contributed by atoms with Crippen molar-refractivity contribution in [2.75, 3.05) is 4.90 Å². The van der Waals surface area contributed by atoms with Crippen LogP contribution in [0.15, 0.2) is 199 Å². The molecule has 284 valence electrons. The molecule has 10 aromatic rings. The Morgan fingerprint density at radius 2 is 1.02 bits per heavy atom. The Morgan fingerprint density at radius 3 is 1.75 bits per heavy atom. The summed E-state index contributed by atoms with van der Waals surface area (Å²) in [6.07, 6.45) is 5.04. The molecule has 3 aliphatic carbocycles. The zero-order valence-electron chi connectivity index (χ0n) is 33.2. The fourth-order valence-corrected chi connectivity index (χ4v) is 11.5. The molecule has 0 amide bonds. The predicted molar refractivity (Wildman–Crippen MR) is 249 cm³/mol. The van der Waals surface area contributed by atoms with Crippen LogP contribution in [-0.4, -0.2) is 0 Å². The van der Waals surface area contributed by atoms with Crippen molar-refractivity contribution >= 4 is 49.8 Å². The highest BCUT2D eigenvalue weighted by Gasteiger charge is 2.51. The van der Waals surface area contributed by atoms with Crippen molar-refractivity contribution in [2.45, 2.75) is 37.0 Å². The summed E-state index contributed by atoms with van der Waals surface area (Å²) in [6, 6.07) is 72.3. The lowest BCUT2D eigenvalue weighted by Gasteiger charge is -2.31. The minimum Gasteiger partial charge on any atom is -0.455 e. The number of fused-ring (bicyclic) bond motifs is 15. The van der Waals surface area contributed by atoms with Crippen LogP contribution in [0.25, 0.3) is 66.1 Å². The van der Waals surface area contributed by atoms with Crippen molar-refractivity contribution in [3.05, 3.63) is 222 Å². The first-order valence-electron chi connectivity index (χ1n) is 21.5. The smallest absolute Gasteiger partial charge is 0.143 e. The molecule has 0 radical (unpaired) electrons. The summed E-state index contributed by atoms with van der Waals surface area (Å²) in [5, 5.41) is 4.75. The third kappa shape index (κ3) is 4.65. The van der Waals surface area contributed by atoms with Crippen LogP contribution in [0, 0.1) is 0 Å². The van der Waals surface area contributed by atoms with Gasteiger partial charge < -0.3 is 9.32 Å². The van der Waals surface area contributed by atoms with E-state index < -0.39 is 5.41 Å². The van der Waals surface area contributed by atoms with Gasteiger partial charge in [0.15, 0.2) is 0 Å². The Hall–Kier alpha value is -7.16. The molecule has 1 fully saturated rings. The van der Waals surface area contributed by atoms with Crippen LogP contribution in [0.5, 0.6) is 0 Å². The highest BCUT2D eigenvalue weighted by Crippen LogP contribution is 2.63. The second-order valence-corrected chi connectivity index (χ2v) is 17.0. The SMILES string of the molecule is c1ccc(-c2cccc(N(c3ccc4c(c3)-c3ccccc3C43c4ccccc4-c4ccccc43)c3cc4c(oc5cccc(C6CCCC6)c54)c4ccccc34)c2)cc1. The summed E-state index contributed by atoms with van der Waals surface area (Å²) >= 11 is 0. The Balaban J connectivity index is 1.10. The van der Waals surface area contributed by atoms with Crippen LogP contribution in [0.3, 0.4) is 0 Å². The molecule has 1 heterocycles. The third-order valence-corrected chi connectivity index (χ3v) is 14.0. The van der Waals surface area contributed by atoms with Gasteiger partial charge in [0.1, 0.15) is 11.2 Å². The van der Waals surface area contributed by atoms with Crippen LogP contribution in [-0.2, 0) is 5.41 Å². The molecule has 1 saturated carbocycles. The van der Waals surface area contributed by atoms with Crippen LogP contribution < -0.4 is 4.90 Å². The van der Waals surface area contributed by atoms with E-state index in [1.807, 2.05) is 0 Å². The lowest BCUT2D eigenvalue weighted by Crippen LogP contribution is -2.25. The minimum atomic E-state index is -0.395. The van der Waals surface area contributed by atoms with Crippen LogP contribution in [0.4, 0.5) is 17.1 Å². The topological polar surface area (TPSA) is 16.4 Å². The lowest BCUT2D eigenvalue weighted by atomic mass is 9.70. The van der Waals surface area contributed by atoms with Crippen LogP contribution >= 0.6 is 0 Å². The summed E-state index contributed by atoms with van der Waals surface area (Å²) < 4.78 is 6.88. The van der Waals surface area contributed by atoms with E-state index in [1.165, 1.54) is 97.7 Å². The Morgan fingerprint density at radius 1 is 0.433 bits per heavy atom. The fourth-order valence-electron chi connectivity index (χ4n) is 11.5.